The fourth-order valence-corrected chi connectivity index (χ4v) is 3.84. The number of thiophene rings is 1. The summed E-state index contributed by atoms with van der Waals surface area (Å²) < 4.78 is 27.3. The monoisotopic (exact) mass is 307 g/mol. The molecule has 2 aromatic heterocycles. The highest BCUT2D eigenvalue weighted by atomic mass is 32.2. The first-order chi connectivity index (χ1) is 9.56. The van der Waals surface area contributed by atoms with Crippen molar-refractivity contribution in [3.63, 3.8) is 0 Å². The van der Waals surface area contributed by atoms with Crippen LogP contribution >= 0.6 is 11.3 Å². The Balaban J connectivity index is 1.94. The summed E-state index contributed by atoms with van der Waals surface area (Å²) in [5.41, 5.74) is 7.94. The average Bonchev–Trinajstić information content (AvgIpc) is 3.05. The molecule has 2 heterocycles. The quantitative estimate of drug-likeness (QED) is 0.646. The molecule has 5 nitrogen and oxygen atoms in total. The molecule has 0 fully saturated rings. The smallest absolute Gasteiger partial charge is 0.242 e. The van der Waals surface area contributed by atoms with Gasteiger partial charge in [0.2, 0.25) is 10.0 Å². The Bertz CT molecular complexity index is 836. The summed E-state index contributed by atoms with van der Waals surface area (Å²) in [5, 5.41) is 4.42. The van der Waals surface area contributed by atoms with E-state index in [-0.39, 0.29) is 11.4 Å². The van der Waals surface area contributed by atoms with Gasteiger partial charge in [-0.3, -0.25) is 0 Å². The molecular weight excluding hydrogens is 294 g/mol. The van der Waals surface area contributed by atoms with Gasteiger partial charge in [-0.15, -0.1) is 0 Å². The van der Waals surface area contributed by atoms with Gasteiger partial charge in [-0.25, -0.2) is 13.1 Å². The number of H-pyrrole nitrogens is 1. The van der Waals surface area contributed by atoms with E-state index in [9.17, 15) is 8.42 Å². The van der Waals surface area contributed by atoms with Gasteiger partial charge in [0.25, 0.3) is 0 Å². The van der Waals surface area contributed by atoms with Gasteiger partial charge in [0.15, 0.2) is 0 Å². The fourth-order valence-electron chi connectivity index (χ4n) is 1.98. The number of nitrogen functional groups attached to an aromatic ring is 1. The van der Waals surface area contributed by atoms with E-state index >= 15 is 0 Å². The molecule has 0 bridgehead atoms. The van der Waals surface area contributed by atoms with Crippen LogP contribution in [-0.2, 0) is 16.6 Å². The van der Waals surface area contributed by atoms with E-state index in [4.69, 9.17) is 5.73 Å². The van der Waals surface area contributed by atoms with Crippen LogP contribution in [-0.4, -0.2) is 13.4 Å². The van der Waals surface area contributed by atoms with Crippen molar-refractivity contribution in [3.8, 4) is 0 Å². The molecule has 0 spiro atoms. The number of hydrogen-bond acceptors (Lipinski definition) is 4. The highest BCUT2D eigenvalue weighted by molar-refractivity contribution is 7.89. The van der Waals surface area contributed by atoms with Crippen LogP contribution in [0.3, 0.4) is 0 Å². The Hall–Kier alpha value is -1.83. The molecule has 4 N–H and O–H groups in total. The van der Waals surface area contributed by atoms with Crippen LogP contribution in [0.1, 0.15) is 5.56 Å². The summed E-state index contributed by atoms with van der Waals surface area (Å²) in [6.07, 6.45) is 1.49. The number of fused-ring (bicyclic) bond motifs is 1. The molecule has 1 aromatic carbocycles. The minimum absolute atomic E-state index is 0.218. The van der Waals surface area contributed by atoms with Crippen molar-refractivity contribution >= 4 is 38.0 Å². The maximum Gasteiger partial charge on any atom is 0.242 e. The first-order valence-electron chi connectivity index (χ1n) is 5.93. The molecule has 7 heteroatoms. The zero-order chi connectivity index (χ0) is 14.2. The standard InChI is InChI=1S/C13H13N3O2S2/c14-10-1-2-12-11(5-10)13(7-15-12)20(17,18)16-6-9-3-4-19-8-9/h1-5,7-8,15-16H,6,14H2. The molecule has 0 amide bonds. The van der Waals surface area contributed by atoms with Crippen LogP contribution in [0.25, 0.3) is 10.9 Å². The van der Waals surface area contributed by atoms with Crippen LogP contribution < -0.4 is 10.5 Å². The van der Waals surface area contributed by atoms with Crippen molar-refractivity contribution in [3.05, 3.63) is 46.8 Å². The minimum Gasteiger partial charge on any atom is -0.399 e. The van der Waals surface area contributed by atoms with Crippen LogP contribution in [0.2, 0.25) is 0 Å². The number of aromatic nitrogens is 1. The largest absolute Gasteiger partial charge is 0.399 e. The molecule has 0 unspecified atom stereocenters. The van der Waals surface area contributed by atoms with Crippen molar-refractivity contribution in [2.24, 2.45) is 0 Å². The lowest BCUT2D eigenvalue weighted by molar-refractivity contribution is 0.582. The molecule has 3 rings (SSSR count). The Morgan fingerprint density at radius 1 is 1.30 bits per heavy atom. The van der Waals surface area contributed by atoms with Crippen molar-refractivity contribution in [2.75, 3.05) is 5.73 Å². The van der Waals surface area contributed by atoms with E-state index in [1.165, 1.54) is 17.5 Å². The van der Waals surface area contributed by atoms with Gasteiger partial charge in [0.05, 0.1) is 0 Å². The number of anilines is 1. The maximum atomic E-state index is 12.3. The molecule has 0 saturated heterocycles. The normalized spacial score (nSPS) is 12.0. The SMILES string of the molecule is Nc1ccc2[nH]cc(S(=O)(=O)NCc3ccsc3)c2c1. The lowest BCUT2D eigenvalue weighted by Gasteiger charge is -2.04. The number of hydrogen-bond donors (Lipinski definition) is 3. The van der Waals surface area contributed by atoms with Crippen LogP contribution in [0.5, 0.6) is 0 Å². The van der Waals surface area contributed by atoms with Crippen molar-refractivity contribution in [1.29, 1.82) is 0 Å². The Morgan fingerprint density at radius 3 is 2.90 bits per heavy atom. The average molecular weight is 307 g/mol. The molecule has 0 aliphatic carbocycles. The molecule has 0 radical (unpaired) electrons. The lowest BCUT2D eigenvalue weighted by Crippen LogP contribution is -2.22. The van der Waals surface area contributed by atoms with Gasteiger partial charge in [0, 0.05) is 29.3 Å². The summed E-state index contributed by atoms with van der Waals surface area (Å²) in [6.45, 7) is 0.279. The third kappa shape index (κ3) is 2.43. The van der Waals surface area contributed by atoms with Gasteiger partial charge in [-0.1, -0.05) is 0 Å². The Kier molecular flexibility index (Phi) is 3.25. The first-order valence-corrected chi connectivity index (χ1v) is 8.36. The summed E-state index contributed by atoms with van der Waals surface area (Å²) in [5.74, 6) is 0. The second kappa shape index (κ2) is 4.93. The third-order valence-electron chi connectivity index (χ3n) is 3.00. The molecule has 0 aliphatic heterocycles. The molecular formula is C13H13N3O2S2. The van der Waals surface area contributed by atoms with Gasteiger partial charge in [-0.05, 0) is 40.6 Å². The molecule has 20 heavy (non-hydrogen) atoms. The maximum absolute atomic E-state index is 12.3. The molecule has 0 saturated carbocycles. The van der Waals surface area contributed by atoms with E-state index in [0.717, 1.165) is 11.1 Å². The lowest BCUT2D eigenvalue weighted by atomic mass is 10.2. The predicted octanol–water partition coefficient (Wildman–Crippen LogP) is 2.29. The summed E-state index contributed by atoms with van der Waals surface area (Å²) >= 11 is 1.53. The van der Waals surface area contributed by atoms with Crippen LogP contribution in [0, 0.1) is 0 Å². The Morgan fingerprint density at radius 2 is 2.15 bits per heavy atom. The van der Waals surface area contributed by atoms with E-state index in [2.05, 4.69) is 9.71 Å². The second-order valence-corrected chi connectivity index (χ2v) is 6.93. The number of nitrogens with two attached hydrogens (primary N) is 1. The van der Waals surface area contributed by atoms with E-state index < -0.39 is 10.0 Å². The minimum atomic E-state index is -3.57. The summed E-state index contributed by atoms with van der Waals surface area (Å²) in [6, 6.07) is 7.04. The van der Waals surface area contributed by atoms with Gasteiger partial charge in [0.1, 0.15) is 4.90 Å². The van der Waals surface area contributed by atoms with E-state index in [1.807, 2.05) is 16.8 Å². The zero-order valence-electron chi connectivity index (χ0n) is 10.5. The highest BCUT2D eigenvalue weighted by Gasteiger charge is 2.18. The summed E-state index contributed by atoms with van der Waals surface area (Å²) in [7, 11) is -3.57. The van der Waals surface area contributed by atoms with Gasteiger partial charge < -0.3 is 10.7 Å². The number of aromatic amines is 1. The number of rotatable bonds is 4. The van der Waals surface area contributed by atoms with Gasteiger partial charge >= 0.3 is 0 Å². The molecule has 0 atom stereocenters. The van der Waals surface area contributed by atoms with Crippen molar-refractivity contribution < 1.29 is 8.42 Å². The number of sulfonamides is 1. The van der Waals surface area contributed by atoms with E-state index in [1.54, 1.807) is 18.2 Å². The molecule has 0 aliphatic rings. The van der Waals surface area contributed by atoms with Crippen LogP contribution in [0.15, 0.2) is 46.1 Å². The zero-order valence-corrected chi connectivity index (χ0v) is 12.1. The molecule has 3 aromatic rings. The predicted molar refractivity (Wildman–Crippen MR) is 81.1 cm³/mol. The van der Waals surface area contributed by atoms with Crippen molar-refractivity contribution in [2.45, 2.75) is 11.4 Å². The number of nitrogens with one attached hydrogen (secondary N) is 2. The molecule has 104 valence electrons. The summed E-state index contributed by atoms with van der Waals surface area (Å²) in [4.78, 5) is 3.16. The fraction of sp³-hybridized carbons (Fsp3) is 0.0769. The third-order valence-corrected chi connectivity index (χ3v) is 5.18. The van der Waals surface area contributed by atoms with Gasteiger partial charge in [-0.2, -0.15) is 11.3 Å². The second-order valence-electron chi connectivity index (χ2n) is 4.41. The highest BCUT2D eigenvalue weighted by Crippen LogP contribution is 2.24. The van der Waals surface area contributed by atoms with Crippen molar-refractivity contribution in [1.82, 2.24) is 9.71 Å². The number of benzene rings is 1. The topological polar surface area (TPSA) is 88.0 Å². The van der Waals surface area contributed by atoms with Crippen LogP contribution in [0.4, 0.5) is 5.69 Å². The van der Waals surface area contributed by atoms with E-state index in [0.29, 0.717) is 11.1 Å². The Labute approximate surface area is 120 Å². The first kappa shape index (κ1) is 13.2.